The molecule has 0 aliphatic carbocycles. The normalized spacial score (nSPS) is 84.2. The number of rotatable bonds is 5. The molecule has 0 bridgehead atoms. The van der Waals surface area contributed by atoms with E-state index in [1.54, 1.807) is 0 Å². The number of Topliss-reactive ketones (excluding diaryl/α,β-unsaturated/α-hetero) is 1. The molecule has 0 amide bonds. The van der Waals surface area contributed by atoms with Crippen LogP contribution in [0.3, 0.4) is 0 Å². The third kappa shape index (κ3) is 0.170. The van der Waals surface area contributed by atoms with Crippen LogP contribution in [-0.4, -0.2) is 11.6 Å². The zero-order chi connectivity index (χ0) is 17.2. The van der Waals surface area contributed by atoms with Gasteiger partial charge in [0.1, 0.15) is 0 Å². The number of carbonyl (C=O) groups excluding carboxylic acids is 2. The number of allylic oxidation sites excluding steroid dienone is 2. The van der Waals surface area contributed by atoms with Gasteiger partial charge in [-0.15, -0.1) is 0 Å². The van der Waals surface area contributed by atoms with E-state index in [0.29, 0.717) is 18.0 Å². The summed E-state index contributed by atoms with van der Waals surface area (Å²) >= 11 is 0. The molecule has 10 fully saturated rings. The Labute approximate surface area is 142 Å². The van der Waals surface area contributed by atoms with Crippen molar-refractivity contribution in [2.75, 3.05) is 0 Å². The second kappa shape index (κ2) is 1.27. The van der Waals surface area contributed by atoms with Crippen molar-refractivity contribution in [3.63, 3.8) is 0 Å². The number of ketones is 2. The van der Waals surface area contributed by atoms with E-state index in [-0.39, 0.29) is 8.63 Å². The van der Waals surface area contributed by atoms with Gasteiger partial charge in [0.15, 0.2) is 0 Å². The molecular weight excluding hydrogens is 364 g/mol. The molecule has 0 radical (unpaired) electrons. The van der Waals surface area contributed by atoms with Crippen LogP contribution in [0.15, 0.2) is 42.0 Å². The Bertz CT molecular complexity index is 1510. The molecule has 3 heteroatoms. The predicted molar refractivity (Wildman–Crippen MR) is 95.0 cm³/mol. The molecule has 10 saturated heterocycles. The van der Waals surface area contributed by atoms with E-state index in [9.17, 15) is 9.59 Å². The van der Waals surface area contributed by atoms with Crippen LogP contribution in [0.5, 0.6) is 0 Å². The summed E-state index contributed by atoms with van der Waals surface area (Å²) < 4.78 is 0.285. The average molecular weight is 386 g/mol. The molecule has 1 aromatic carbocycles. The number of carbonyl (C=O) groups is 2. The van der Waals surface area contributed by atoms with Crippen molar-refractivity contribution in [1.29, 1.82) is 0 Å². The Morgan fingerprint density at radius 1 is 0.923 bits per heavy atom. The molecule has 0 N–H and O–H groups in total. The second-order valence-corrected chi connectivity index (χ2v) is 36.6. The van der Waals surface area contributed by atoms with Gasteiger partial charge in [-0.2, -0.15) is 0 Å². The van der Waals surface area contributed by atoms with E-state index in [2.05, 4.69) is 38.1 Å². The topological polar surface area (TPSA) is 34.1 Å². The van der Waals surface area contributed by atoms with Crippen molar-refractivity contribution in [2.24, 2.45) is 0 Å². The molecule has 8 atom stereocenters. The summed E-state index contributed by atoms with van der Waals surface area (Å²) in [7, 11) is 0. The van der Waals surface area contributed by atoms with Gasteiger partial charge in [0.25, 0.3) is 0 Å². The van der Waals surface area contributed by atoms with Crippen LogP contribution in [0.1, 0.15) is 19.4 Å². The van der Waals surface area contributed by atoms with Gasteiger partial charge in [0.05, 0.1) is 0 Å². The summed E-state index contributed by atoms with van der Waals surface area (Å²) in [6, 6.07) is 10.4. The van der Waals surface area contributed by atoms with Crippen molar-refractivity contribution >= 4 is 11.6 Å². The van der Waals surface area contributed by atoms with Crippen molar-refractivity contribution in [2.45, 2.75) is 67.4 Å². The Morgan fingerprint density at radius 3 is 1.96 bits per heavy atom. The van der Waals surface area contributed by atoms with Crippen LogP contribution < -0.4 is 0 Å². The quantitative estimate of drug-likeness (QED) is 0.497. The molecule has 10 aliphatic heterocycles. The maximum atomic E-state index is 13.9. The minimum atomic E-state index is -3.96. The molecule has 2 nitrogen and oxygen atoms in total. The molecule has 8 unspecified atom stereocenters. The van der Waals surface area contributed by atoms with Gasteiger partial charge in [-0.1, -0.05) is 0 Å². The third-order valence-corrected chi connectivity index (χ3v) is 60.0. The van der Waals surface area contributed by atoms with Crippen LogP contribution in [0, 0.1) is 0 Å². The van der Waals surface area contributed by atoms with E-state index in [4.69, 9.17) is 0 Å². The first kappa shape index (κ1) is 11.6. The van der Waals surface area contributed by atoms with Crippen LogP contribution in [0.2, 0.25) is 47.2 Å². The van der Waals surface area contributed by atoms with E-state index in [1.807, 2.05) is 12.1 Å². The van der Waals surface area contributed by atoms with Gasteiger partial charge in [0.2, 0.25) is 0 Å². The molecule has 10 heterocycles. The Morgan fingerprint density at radius 2 is 1.46 bits per heavy atom. The Balaban J connectivity index is 1.22. The number of hydrogen-bond acceptors (Lipinski definition) is 2. The van der Waals surface area contributed by atoms with Crippen LogP contribution >= 0.6 is 0 Å². The standard InChI is InChI=1S/C13H11O.C10H11O.Fe/c14-13(12-8-4-5-9-12)10-11-6-2-1-3-7-11;1-8(2)7-10(11)9-5-3-4-6-9;/h1-9H,10H2;3-7H,1-2H3;. The van der Waals surface area contributed by atoms with Gasteiger partial charge in [-0.25, -0.2) is 0 Å². The summed E-state index contributed by atoms with van der Waals surface area (Å²) in [5.74, 6) is 1.13. The maximum absolute atomic E-state index is 13.9. The molecule has 1 aromatic rings. The van der Waals surface area contributed by atoms with E-state index in [1.165, 1.54) is 5.56 Å². The molecule has 10 aliphatic rings. The van der Waals surface area contributed by atoms with Gasteiger partial charge < -0.3 is 0 Å². The van der Waals surface area contributed by atoms with Gasteiger partial charge >= 0.3 is 143 Å². The first-order valence-corrected chi connectivity index (χ1v) is 16.4. The van der Waals surface area contributed by atoms with Crippen LogP contribution in [0.4, 0.5) is 0 Å². The monoisotopic (exact) mass is 386 g/mol. The number of fused-ring (bicyclic) bond motifs is 10. The molecule has 26 heavy (non-hydrogen) atoms. The van der Waals surface area contributed by atoms with Crippen LogP contribution in [0.25, 0.3) is 0 Å². The first-order chi connectivity index (χ1) is 12.3. The molecule has 0 saturated carbocycles. The Kier molecular flexibility index (Phi) is 0.567. The predicted octanol–water partition coefficient (Wildman–Crippen LogP) is 5.46. The van der Waals surface area contributed by atoms with Crippen molar-refractivity contribution in [1.82, 2.24) is 0 Å². The summed E-state index contributed by atoms with van der Waals surface area (Å²) in [6.07, 6.45) is 2.64. The molecule has 1 spiro atoms. The number of hydrogen-bond donors (Lipinski definition) is 0. The molecular formula is C23H22FeO2. The van der Waals surface area contributed by atoms with Gasteiger partial charge in [-0.05, 0) is 0 Å². The summed E-state index contributed by atoms with van der Waals surface area (Å²) in [5, 5.41) is 0. The summed E-state index contributed by atoms with van der Waals surface area (Å²) in [4.78, 5) is 34.7. The van der Waals surface area contributed by atoms with Gasteiger partial charge in [-0.3, -0.25) is 0 Å². The minimum absolute atomic E-state index is 0.137. The zero-order valence-corrected chi connectivity index (χ0v) is 16.1. The SMILES string of the molecule is CC(C)=CC(=O)[C]12[CH]3[CH]4[CH]5[CH]1[Fe]45321678[CH]2[CH]1[CH]6[C]7(C(=O)Cc1ccccc1)[CH]28. The summed E-state index contributed by atoms with van der Waals surface area (Å²) in [5.41, 5.74) is 2.36. The van der Waals surface area contributed by atoms with E-state index < -0.39 is 6.51 Å². The fourth-order valence-electron chi connectivity index (χ4n) is 19.3. The van der Waals surface area contributed by atoms with E-state index in [0.717, 1.165) is 44.1 Å². The van der Waals surface area contributed by atoms with E-state index >= 15 is 0 Å². The Hall–Kier alpha value is -1.18. The first-order valence-electron chi connectivity index (χ1n) is 10.2. The summed E-state index contributed by atoms with van der Waals surface area (Å²) in [6.45, 7) is 0.178. The molecule has 134 valence electrons. The zero-order valence-electron chi connectivity index (χ0n) is 15.0. The van der Waals surface area contributed by atoms with Crippen LogP contribution in [-0.2, 0) is 22.5 Å². The fraction of sp³-hybridized carbons (Fsp3) is 0.565. The molecule has 11 rings (SSSR count). The number of benzene rings is 1. The van der Waals surface area contributed by atoms with Gasteiger partial charge in [0, 0.05) is 0 Å². The second-order valence-electron chi connectivity index (χ2n) is 13.4. The third-order valence-electron chi connectivity index (χ3n) is 17.2. The molecule has 0 aromatic heterocycles. The fourth-order valence-corrected chi connectivity index (χ4v) is 95.0. The van der Waals surface area contributed by atoms with Crippen molar-refractivity contribution in [3.05, 3.63) is 47.5 Å². The van der Waals surface area contributed by atoms with Crippen molar-refractivity contribution in [3.8, 4) is 0 Å². The van der Waals surface area contributed by atoms with Crippen molar-refractivity contribution < 1.29 is 16.1 Å². The average Bonchev–Trinajstić information content (AvgIpc) is 3.54.